The van der Waals surface area contributed by atoms with Gasteiger partial charge in [0.05, 0.1) is 0 Å². The fourth-order valence-corrected chi connectivity index (χ4v) is 2.91. The minimum atomic E-state index is 0.835. The van der Waals surface area contributed by atoms with Crippen molar-refractivity contribution < 1.29 is 0 Å². The lowest BCUT2D eigenvalue weighted by atomic mass is 9.72. The van der Waals surface area contributed by atoms with Gasteiger partial charge < -0.3 is 0 Å². The molecule has 0 aliphatic heterocycles. The maximum Gasteiger partial charge on any atom is -0.0147 e. The third-order valence-electron chi connectivity index (χ3n) is 3.73. The van der Waals surface area contributed by atoms with Crippen LogP contribution in [-0.2, 0) is 19.3 Å². The molecule has 0 saturated carbocycles. The lowest BCUT2D eigenvalue weighted by Gasteiger charge is -2.32. The molecular formula is C13H16. The molecule has 1 atom stereocenters. The van der Waals surface area contributed by atoms with Crippen LogP contribution < -0.4 is 0 Å². The van der Waals surface area contributed by atoms with Gasteiger partial charge in [0, 0.05) is 0 Å². The van der Waals surface area contributed by atoms with E-state index in [1.165, 1.54) is 32.1 Å². The van der Waals surface area contributed by atoms with Crippen LogP contribution in [0.25, 0.3) is 0 Å². The molecule has 3 rings (SSSR count). The summed E-state index contributed by atoms with van der Waals surface area (Å²) in [6.45, 7) is 2.34. The summed E-state index contributed by atoms with van der Waals surface area (Å²) in [5.74, 6) is 0.835. The van der Waals surface area contributed by atoms with Crippen LogP contribution in [0.15, 0.2) is 12.1 Å². The maximum absolute atomic E-state index is 2.38. The fraction of sp³-hybridized carbons (Fsp3) is 0.538. The van der Waals surface area contributed by atoms with Crippen molar-refractivity contribution in [3.05, 3.63) is 34.4 Å². The van der Waals surface area contributed by atoms with Crippen molar-refractivity contribution in [3.63, 3.8) is 0 Å². The Hall–Kier alpha value is -0.780. The second-order valence-corrected chi connectivity index (χ2v) is 4.58. The van der Waals surface area contributed by atoms with E-state index >= 15 is 0 Å². The Balaban J connectivity index is 2.14. The lowest BCUT2D eigenvalue weighted by Crippen LogP contribution is -2.19. The molecule has 1 aromatic carbocycles. The van der Waals surface area contributed by atoms with Crippen LogP contribution in [0.2, 0.25) is 0 Å². The minimum Gasteiger partial charge on any atom is -0.0585 e. The van der Waals surface area contributed by atoms with Gasteiger partial charge >= 0.3 is 0 Å². The molecule has 1 aromatic rings. The monoisotopic (exact) mass is 172 g/mol. The second kappa shape index (κ2) is 2.60. The van der Waals surface area contributed by atoms with Crippen molar-refractivity contribution in [2.75, 3.05) is 0 Å². The Kier molecular flexibility index (Phi) is 1.52. The van der Waals surface area contributed by atoms with Gasteiger partial charge in [-0.3, -0.25) is 0 Å². The zero-order valence-electron chi connectivity index (χ0n) is 8.27. The summed E-state index contributed by atoms with van der Waals surface area (Å²) in [7, 11) is 0. The van der Waals surface area contributed by atoms with E-state index in [4.69, 9.17) is 0 Å². The second-order valence-electron chi connectivity index (χ2n) is 4.58. The molecular weight excluding hydrogens is 156 g/mol. The predicted octanol–water partition coefficient (Wildman–Crippen LogP) is 3.23. The molecule has 0 amide bonds. The first kappa shape index (κ1) is 7.61. The molecule has 0 bridgehead atoms. The van der Waals surface area contributed by atoms with E-state index in [0.29, 0.717) is 0 Å². The summed E-state index contributed by atoms with van der Waals surface area (Å²) in [6, 6.07) is 4.75. The first-order valence-electron chi connectivity index (χ1n) is 5.50. The largest absolute Gasteiger partial charge is 0.0585 e. The van der Waals surface area contributed by atoms with E-state index in [2.05, 4.69) is 19.1 Å². The van der Waals surface area contributed by atoms with Gasteiger partial charge in [0.1, 0.15) is 0 Å². The van der Waals surface area contributed by atoms with Crippen LogP contribution in [0.1, 0.15) is 47.9 Å². The van der Waals surface area contributed by atoms with E-state index in [1.54, 1.807) is 22.3 Å². The molecule has 0 heteroatoms. The zero-order chi connectivity index (χ0) is 8.84. The number of hydrogen-bond donors (Lipinski definition) is 0. The van der Waals surface area contributed by atoms with E-state index in [-0.39, 0.29) is 0 Å². The van der Waals surface area contributed by atoms with Gasteiger partial charge in [-0.15, -0.1) is 0 Å². The molecule has 2 aliphatic rings. The van der Waals surface area contributed by atoms with Crippen LogP contribution in [0.3, 0.4) is 0 Å². The molecule has 0 fully saturated rings. The van der Waals surface area contributed by atoms with Crippen LogP contribution in [-0.4, -0.2) is 0 Å². The molecule has 1 unspecified atom stereocenters. The Morgan fingerprint density at radius 1 is 1.08 bits per heavy atom. The third kappa shape index (κ3) is 0.979. The highest BCUT2D eigenvalue weighted by Crippen LogP contribution is 2.40. The van der Waals surface area contributed by atoms with Gasteiger partial charge in [0.15, 0.2) is 0 Å². The van der Waals surface area contributed by atoms with Gasteiger partial charge in [0.2, 0.25) is 0 Å². The van der Waals surface area contributed by atoms with Gasteiger partial charge in [-0.25, -0.2) is 0 Å². The first-order valence-corrected chi connectivity index (χ1v) is 5.50. The smallest absolute Gasteiger partial charge is 0.0147 e. The quantitative estimate of drug-likeness (QED) is 0.563. The highest BCUT2D eigenvalue weighted by Gasteiger charge is 2.26. The summed E-state index contributed by atoms with van der Waals surface area (Å²) in [6.07, 6.45) is 6.85. The van der Waals surface area contributed by atoms with Crippen molar-refractivity contribution >= 4 is 0 Å². The summed E-state index contributed by atoms with van der Waals surface area (Å²) < 4.78 is 0. The molecule has 0 heterocycles. The Bertz CT molecular complexity index is 349. The molecule has 0 spiro atoms. The number of aryl methyl sites for hydroxylation is 1. The molecule has 13 heavy (non-hydrogen) atoms. The van der Waals surface area contributed by atoms with E-state index in [9.17, 15) is 0 Å². The average Bonchev–Trinajstić information content (AvgIpc) is 2.16. The van der Waals surface area contributed by atoms with Crippen LogP contribution in [0.4, 0.5) is 0 Å². The summed E-state index contributed by atoms with van der Waals surface area (Å²) in [5, 5.41) is 0. The van der Waals surface area contributed by atoms with E-state index in [1.807, 2.05) is 0 Å². The number of fused-ring (bicyclic) bond motifs is 3. The Morgan fingerprint density at radius 3 is 2.77 bits per heavy atom. The van der Waals surface area contributed by atoms with Crippen molar-refractivity contribution in [1.29, 1.82) is 0 Å². The molecule has 0 aromatic heterocycles. The van der Waals surface area contributed by atoms with Crippen molar-refractivity contribution in [2.24, 2.45) is 0 Å². The zero-order valence-corrected chi connectivity index (χ0v) is 8.27. The molecule has 68 valence electrons. The third-order valence-corrected chi connectivity index (χ3v) is 3.73. The summed E-state index contributed by atoms with van der Waals surface area (Å²) >= 11 is 0. The highest BCUT2D eigenvalue weighted by molar-refractivity contribution is 5.49. The molecule has 0 nitrogen and oxygen atoms in total. The topological polar surface area (TPSA) is 0 Å². The normalized spacial score (nSPS) is 24.5. The highest BCUT2D eigenvalue weighted by atomic mass is 14.3. The maximum atomic E-state index is 2.38. The van der Waals surface area contributed by atoms with E-state index in [0.717, 1.165) is 5.92 Å². The number of rotatable bonds is 0. The SMILES string of the molecule is CC1Cc2c1ccc1c2CCCC1. The van der Waals surface area contributed by atoms with Gasteiger partial charge in [0.25, 0.3) is 0 Å². The van der Waals surface area contributed by atoms with Crippen molar-refractivity contribution in [2.45, 2.75) is 44.9 Å². The molecule has 0 saturated heterocycles. The van der Waals surface area contributed by atoms with Gasteiger partial charge in [-0.05, 0) is 60.3 Å². The number of benzene rings is 1. The molecule has 2 aliphatic carbocycles. The Morgan fingerprint density at radius 2 is 1.92 bits per heavy atom. The first-order chi connectivity index (χ1) is 6.36. The van der Waals surface area contributed by atoms with Gasteiger partial charge in [-0.1, -0.05) is 19.1 Å². The van der Waals surface area contributed by atoms with Crippen molar-refractivity contribution in [3.8, 4) is 0 Å². The predicted molar refractivity (Wildman–Crippen MR) is 55.2 cm³/mol. The van der Waals surface area contributed by atoms with E-state index < -0.39 is 0 Å². The average molecular weight is 172 g/mol. The van der Waals surface area contributed by atoms with Gasteiger partial charge in [-0.2, -0.15) is 0 Å². The minimum absolute atomic E-state index is 0.835. The Labute approximate surface area is 80.0 Å². The fourth-order valence-electron chi connectivity index (χ4n) is 2.91. The van der Waals surface area contributed by atoms with Crippen LogP contribution >= 0.6 is 0 Å². The standard InChI is InChI=1S/C13H16/c1-9-8-13-11(9)7-6-10-4-2-3-5-12(10)13/h6-7,9H,2-5,8H2,1H3. The summed E-state index contributed by atoms with van der Waals surface area (Å²) in [5.41, 5.74) is 6.73. The van der Waals surface area contributed by atoms with Crippen LogP contribution in [0.5, 0.6) is 0 Å². The van der Waals surface area contributed by atoms with Crippen LogP contribution in [0, 0.1) is 0 Å². The number of hydrogen-bond acceptors (Lipinski definition) is 0. The summed E-state index contributed by atoms with van der Waals surface area (Å²) in [4.78, 5) is 0. The lowest BCUT2D eigenvalue weighted by molar-refractivity contribution is 0.619. The molecule has 0 radical (unpaired) electrons. The van der Waals surface area contributed by atoms with Crippen molar-refractivity contribution in [1.82, 2.24) is 0 Å². The molecule has 0 N–H and O–H groups in total.